The molecule has 0 atom stereocenters. The van der Waals surface area contributed by atoms with E-state index in [0.717, 1.165) is 46.4 Å². The Morgan fingerprint density at radius 2 is 1.80 bits per heavy atom. The Kier molecular flexibility index (Phi) is 6.64. The maximum absolute atomic E-state index is 13.7. The molecular weight excluding hydrogens is 462 g/mol. The fraction of sp³-hybridized carbons (Fsp3) is 0.286. The number of carbonyl (C=O) groups is 1. The lowest BCUT2D eigenvalue weighted by atomic mass is 9.88. The van der Waals surface area contributed by atoms with E-state index in [0.29, 0.717) is 30.2 Å². The Bertz CT molecular complexity index is 1320. The first-order valence-electron chi connectivity index (χ1n) is 11.8. The molecule has 0 radical (unpaired) electrons. The van der Waals surface area contributed by atoms with Crippen LogP contribution in [0.15, 0.2) is 67.1 Å². The third-order valence-electron chi connectivity index (χ3n) is 6.81. The predicted octanol–water partition coefficient (Wildman–Crippen LogP) is 5.78. The third kappa shape index (κ3) is 4.58. The van der Waals surface area contributed by atoms with E-state index in [-0.39, 0.29) is 11.8 Å². The van der Waals surface area contributed by atoms with Crippen molar-refractivity contribution in [3.05, 3.63) is 88.8 Å². The van der Waals surface area contributed by atoms with Gasteiger partial charge in [0.05, 0.1) is 25.3 Å². The van der Waals surface area contributed by atoms with E-state index in [4.69, 9.17) is 21.1 Å². The number of methoxy groups -OCH3 is 2. The van der Waals surface area contributed by atoms with Gasteiger partial charge in [-0.1, -0.05) is 29.8 Å². The molecule has 1 fully saturated rings. The summed E-state index contributed by atoms with van der Waals surface area (Å²) in [5.41, 5.74) is 3.80. The van der Waals surface area contributed by atoms with Crippen molar-refractivity contribution in [3.8, 4) is 11.5 Å². The zero-order chi connectivity index (χ0) is 24.4. The highest BCUT2D eigenvalue weighted by Gasteiger charge is 2.29. The number of fused-ring (bicyclic) bond motifs is 1. The minimum atomic E-state index is 0.0488. The standard InChI is InChI=1S/C28H28ClN3O3/c1-34-25-6-3-7-26(35-2)27(25)20-10-13-31(14-11-20)28(33)23-18-32(17-19-5-4-12-30-16-19)24-15-21(29)8-9-22(23)24/h3-9,12,15-16,18,20H,10-11,13-14,17H2,1-2H3. The number of piperidine rings is 1. The van der Waals surface area contributed by atoms with Crippen molar-refractivity contribution in [2.24, 2.45) is 0 Å². The molecular formula is C28H28ClN3O3. The summed E-state index contributed by atoms with van der Waals surface area (Å²) in [6.45, 7) is 1.97. The molecule has 2 aromatic heterocycles. The maximum Gasteiger partial charge on any atom is 0.256 e. The highest BCUT2D eigenvalue weighted by molar-refractivity contribution is 6.31. The molecule has 2 aromatic carbocycles. The van der Waals surface area contributed by atoms with Crippen LogP contribution in [0.25, 0.3) is 10.9 Å². The van der Waals surface area contributed by atoms with E-state index in [1.54, 1.807) is 20.4 Å². The van der Waals surface area contributed by atoms with Crippen LogP contribution in [0, 0.1) is 0 Å². The summed E-state index contributed by atoms with van der Waals surface area (Å²) in [6, 6.07) is 15.5. The van der Waals surface area contributed by atoms with Crippen molar-refractivity contribution in [3.63, 3.8) is 0 Å². The molecule has 0 spiro atoms. The number of nitrogens with zero attached hydrogens (tertiary/aromatic N) is 3. The van der Waals surface area contributed by atoms with Gasteiger partial charge in [0.1, 0.15) is 11.5 Å². The summed E-state index contributed by atoms with van der Waals surface area (Å²) in [6.07, 6.45) is 7.25. The van der Waals surface area contributed by atoms with Gasteiger partial charge in [-0.2, -0.15) is 0 Å². The summed E-state index contributed by atoms with van der Waals surface area (Å²) < 4.78 is 13.3. The lowest BCUT2D eigenvalue weighted by molar-refractivity contribution is 0.0714. The maximum atomic E-state index is 13.7. The molecule has 35 heavy (non-hydrogen) atoms. The molecule has 3 heterocycles. The fourth-order valence-corrected chi connectivity index (χ4v) is 5.24. The van der Waals surface area contributed by atoms with Gasteiger partial charge in [0, 0.05) is 54.2 Å². The molecule has 7 heteroatoms. The molecule has 1 aliphatic heterocycles. The minimum absolute atomic E-state index is 0.0488. The Morgan fingerprint density at radius 1 is 1.06 bits per heavy atom. The quantitative estimate of drug-likeness (QED) is 0.345. The van der Waals surface area contributed by atoms with Crippen molar-refractivity contribution in [1.29, 1.82) is 0 Å². The van der Waals surface area contributed by atoms with Crippen molar-refractivity contribution >= 4 is 28.4 Å². The number of carbonyl (C=O) groups excluding carboxylic acids is 1. The normalized spacial score (nSPS) is 14.3. The average molecular weight is 490 g/mol. The molecule has 1 aliphatic rings. The summed E-state index contributed by atoms with van der Waals surface area (Å²) in [5.74, 6) is 2.00. The highest BCUT2D eigenvalue weighted by Crippen LogP contribution is 2.40. The zero-order valence-corrected chi connectivity index (χ0v) is 20.7. The van der Waals surface area contributed by atoms with Crippen molar-refractivity contribution in [2.75, 3.05) is 27.3 Å². The lowest BCUT2D eigenvalue weighted by Crippen LogP contribution is -2.38. The van der Waals surface area contributed by atoms with Crippen LogP contribution >= 0.6 is 11.6 Å². The van der Waals surface area contributed by atoms with Gasteiger partial charge in [0.2, 0.25) is 0 Å². The number of amides is 1. The van der Waals surface area contributed by atoms with E-state index in [1.807, 2.05) is 65.8 Å². The number of hydrogen-bond donors (Lipinski definition) is 0. The number of ether oxygens (including phenoxy) is 2. The van der Waals surface area contributed by atoms with E-state index in [1.165, 1.54) is 0 Å². The SMILES string of the molecule is COc1cccc(OC)c1C1CCN(C(=O)c2cn(Cc3cccnc3)c3cc(Cl)ccc23)CC1. The molecule has 1 amide bonds. The van der Waals surface area contributed by atoms with Gasteiger partial charge in [-0.05, 0) is 54.7 Å². The predicted molar refractivity (Wildman–Crippen MR) is 138 cm³/mol. The van der Waals surface area contributed by atoms with Gasteiger partial charge in [-0.25, -0.2) is 0 Å². The summed E-state index contributed by atoms with van der Waals surface area (Å²) >= 11 is 6.31. The molecule has 0 N–H and O–H groups in total. The van der Waals surface area contributed by atoms with Crippen molar-refractivity contribution in [2.45, 2.75) is 25.3 Å². The number of likely N-dealkylation sites (tertiary alicyclic amines) is 1. The van der Waals surface area contributed by atoms with E-state index in [9.17, 15) is 4.79 Å². The van der Waals surface area contributed by atoms with Crippen LogP contribution in [-0.4, -0.2) is 47.7 Å². The van der Waals surface area contributed by atoms with Crippen LogP contribution in [0.3, 0.4) is 0 Å². The average Bonchev–Trinajstić information content (AvgIpc) is 3.25. The Morgan fingerprint density at radius 3 is 2.46 bits per heavy atom. The first-order valence-corrected chi connectivity index (χ1v) is 12.1. The molecule has 180 valence electrons. The zero-order valence-electron chi connectivity index (χ0n) is 19.9. The topological polar surface area (TPSA) is 56.6 Å². The summed E-state index contributed by atoms with van der Waals surface area (Å²) in [5, 5.41) is 1.56. The molecule has 4 aromatic rings. The van der Waals surface area contributed by atoms with Gasteiger partial charge in [-0.3, -0.25) is 9.78 Å². The number of aromatic nitrogens is 2. The van der Waals surface area contributed by atoms with Crippen molar-refractivity contribution < 1.29 is 14.3 Å². The number of hydrogen-bond acceptors (Lipinski definition) is 4. The number of pyridine rings is 1. The molecule has 1 saturated heterocycles. The molecule has 0 saturated carbocycles. The van der Waals surface area contributed by atoms with Gasteiger partial charge < -0.3 is 18.9 Å². The van der Waals surface area contributed by atoms with Crippen LogP contribution in [-0.2, 0) is 6.54 Å². The summed E-state index contributed by atoms with van der Waals surface area (Å²) in [7, 11) is 3.37. The molecule has 5 rings (SSSR count). The highest BCUT2D eigenvalue weighted by atomic mass is 35.5. The molecule has 6 nitrogen and oxygen atoms in total. The first kappa shape index (κ1) is 23.2. The lowest BCUT2D eigenvalue weighted by Gasteiger charge is -2.33. The first-order chi connectivity index (χ1) is 17.1. The largest absolute Gasteiger partial charge is 0.496 e. The minimum Gasteiger partial charge on any atom is -0.496 e. The molecule has 0 aliphatic carbocycles. The Balaban J connectivity index is 1.39. The van der Waals surface area contributed by atoms with E-state index in [2.05, 4.69) is 9.55 Å². The van der Waals surface area contributed by atoms with Crippen LogP contribution in [0.4, 0.5) is 0 Å². The Labute approximate surface area is 210 Å². The van der Waals surface area contributed by atoms with Crippen LogP contribution < -0.4 is 9.47 Å². The van der Waals surface area contributed by atoms with Gasteiger partial charge in [-0.15, -0.1) is 0 Å². The van der Waals surface area contributed by atoms with Gasteiger partial charge in [0.15, 0.2) is 0 Å². The fourth-order valence-electron chi connectivity index (χ4n) is 5.08. The number of rotatable bonds is 6. The molecule has 0 unspecified atom stereocenters. The van der Waals surface area contributed by atoms with Crippen LogP contribution in [0.5, 0.6) is 11.5 Å². The van der Waals surface area contributed by atoms with E-state index >= 15 is 0 Å². The third-order valence-corrected chi connectivity index (χ3v) is 7.04. The second kappa shape index (κ2) is 10.0. The van der Waals surface area contributed by atoms with Gasteiger partial charge >= 0.3 is 0 Å². The van der Waals surface area contributed by atoms with Crippen LogP contribution in [0.2, 0.25) is 5.02 Å². The smallest absolute Gasteiger partial charge is 0.256 e. The van der Waals surface area contributed by atoms with Crippen molar-refractivity contribution in [1.82, 2.24) is 14.5 Å². The van der Waals surface area contributed by atoms with E-state index < -0.39 is 0 Å². The monoisotopic (exact) mass is 489 g/mol. The van der Waals surface area contributed by atoms with Gasteiger partial charge in [0.25, 0.3) is 5.91 Å². The molecule has 0 bridgehead atoms. The van der Waals surface area contributed by atoms with Crippen LogP contribution in [0.1, 0.15) is 40.2 Å². The second-order valence-corrected chi connectivity index (χ2v) is 9.27. The second-order valence-electron chi connectivity index (χ2n) is 8.84. The Hall–Kier alpha value is -3.51. The number of benzene rings is 2. The summed E-state index contributed by atoms with van der Waals surface area (Å²) in [4.78, 5) is 19.8. The number of halogens is 1.